The highest BCUT2D eigenvalue weighted by molar-refractivity contribution is 7.97. The molecule has 6 N–H and O–H groups in total. The van der Waals surface area contributed by atoms with Crippen LogP contribution in [0, 0.1) is 5.82 Å². The number of amidine groups is 1. The minimum Gasteiger partial charge on any atom is -0.496 e. The van der Waals surface area contributed by atoms with Gasteiger partial charge in [-0.25, -0.2) is 15.4 Å². The van der Waals surface area contributed by atoms with Gasteiger partial charge in [-0.3, -0.25) is 9.71 Å². The summed E-state index contributed by atoms with van der Waals surface area (Å²) in [7, 11) is 1.55. The van der Waals surface area contributed by atoms with Crippen molar-refractivity contribution in [1.29, 1.82) is 0 Å². The standard InChI is InChI=1S/C16H21FN6O2S/c1-25-14-8-11(2-5-15(14)26-21-6-7-24)16(18)22-23(19)10-13-4-3-12(17)9-20-13/h2-5,8-9,21,24H,6-7,10,19H2,1H3,(H2,18,22). The molecule has 2 rings (SSSR count). The maximum absolute atomic E-state index is 12.9. The van der Waals surface area contributed by atoms with Crippen LogP contribution in [-0.2, 0) is 6.54 Å². The number of hydrogen-bond donors (Lipinski definition) is 4. The normalized spacial score (nSPS) is 11.5. The summed E-state index contributed by atoms with van der Waals surface area (Å²) in [6.45, 7) is 0.679. The van der Waals surface area contributed by atoms with Gasteiger partial charge in [-0.2, -0.15) is 0 Å². The number of hydrogen-bond acceptors (Lipinski definition) is 8. The van der Waals surface area contributed by atoms with Crippen molar-refractivity contribution in [3.63, 3.8) is 0 Å². The van der Waals surface area contributed by atoms with E-state index >= 15 is 0 Å². The van der Waals surface area contributed by atoms with E-state index in [1.54, 1.807) is 19.2 Å². The molecule has 0 saturated carbocycles. The first-order valence-corrected chi connectivity index (χ1v) is 8.51. The van der Waals surface area contributed by atoms with E-state index in [-0.39, 0.29) is 19.0 Å². The van der Waals surface area contributed by atoms with E-state index in [0.717, 1.165) is 16.2 Å². The molecule has 0 fully saturated rings. The van der Waals surface area contributed by atoms with E-state index in [4.69, 9.17) is 21.4 Å². The predicted octanol–water partition coefficient (Wildman–Crippen LogP) is 0.814. The monoisotopic (exact) mass is 380 g/mol. The second-order valence-electron chi connectivity index (χ2n) is 5.14. The number of halogens is 1. The van der Waals surface area contributed by atoms with Crippen molar-refractivity contribution in [2.45, 2.75) is 11.4 Å². The number of pyridine rings is 1. The Morgan fingerprint density at radius 1 is 1.42 bits per heavy atom. The molecule has 1 aromatic heterocycles. The van der Waals surface area contributed by atoms with Crippen LogP contribution in [0.5, 0.6) is 5.75 Å². The third kappa shape index (κ3) is 5.85. The van der Waals surface area contributed by atoms with Gasteiger partial charge in [0.1, 0.15) is 11.6 Å². The molecule has 0 saturated heterocycles. The lowest BCUT2D eigenvalue weighted by Crippen LogP contribution is -2.29. The van der Waals surface area contributed by atoms with Crippen molar-refractivity contribution < 1.29 is 14.2 Å². The molecule has 0 spiro atoms. The van der Waals surface area contributed by atoms with E-state index in [9.17, 15) is 4.39 Å². The summed E-state index contributed by atoms with van der Waals surface area (Å²) in [5.74, 6) is 6.22. The van der Waals surface area contributed by atoms with Crippen LogP contribution in [0.2, 0.25) is 0 Å². The summed E-state index contributed by atoms with van der Waals surface area (Å²) in [6.07, 6.45) is 1.11. The molecule has 0 aliphatic heterocycles. The van der Waals surface area contributed by atoms with Crippen molar-refractivity contribution in [2.75, 3.05) is 20.3 Å². The molecule has 0 aliphatic rings. The summed E-state index contributed by atoms with van der Waals surface area (Å²) in [5.41, 5.74) is 7.20. The first-order chi connectivity index (χ1) is 12.5. The number of aliphatic hydroxyl groups excluding tert-OH is 1. The van der Waals surface area contributed by atoms with Crippen LogP contribution in [-0.4, -0.2) is 41.3 Å². The van der Waals surface area contributed by atoms with E-state index in [2.05, 4.69) is 14.8 Å². The lowest BCUT2D eigenvalue weighted by Gasteiger charge is -2.14. The van der Waals surface area contributed by atoms with E-state index < -0.39 is 5.82 Å². The topological polar surface area (TPSA) is 122 Å². The van der Waals surface area contributed by atoms with Gasteiger partial charge in [0.05, 0.1) is 37.0 Å². The Labute approximate surface area is 155 Å². The van der Waals surface area contributed by atoms with Gasteiger partial charge < -0.3 is 15.6 Å². The van der Waals surface area contributed by atoms with Crippen LogP contribution >= 0.6 is 11.9 Å². The fraction of sp³-hybridized carbons (Fsp3) is 0.250. The van der Waals surface area contributed by atoms with Gasteiger partial charge in [-0.1, -0.05) is 0 Å². The Bertz CT molecular complexity index is 744. The van der Waals surface area contributed by atoms with Gasteiger partial charge >= 0.3 is 0 Å². The molecule has 0 bridgehead atoms. The Hall–Kier alpha value is -2.40. The van der Waals surface area contributed by atoms with Crippen molar-refractivity contribution in [3.05, 3.63) is 53.6 Å². The third-order valence-electron chi connectivity index (χ3n) is 3.20. The minimum absolute atomic E-state index is 0.0439. The van der Waals surface area contributed by atoms with Gasteiger partial charge in [0.25, 0.3) is 0 Å². The molecule has 140 valence electrons. The van der Waals surface area contributed by atoms with Crippen LogP contribution in [0.4, 0.5) is 4.39 Å². The van der Waals surface area contributed by atoms with Crippen molar-refractivity contribution in [1.82, 2.24) is 14.8 Å². The average Bonchev–Trinajstić information content (AvgIpc) is 2.64. The Balaban J connectivity index is 2.07. The fourth-order valence-corrected chi connectivity index (χ4v) is 2.71. The van der Waals surface area contributed by atoms with E-state index in [1.807, 2.05) is 6.07 Å². The van der Waals surface area contributed by atoms with Crippen LogP contribution in [0.3, 0.4) is 0 Å². The lowest BCUT2D eigenvalue weighted by atomic mass is 10.2. The quantitative estimate of drug-likeness (QED) is 0.126. The first-order valence-electron chi connectivity index (χ1n) is 7.69. The average molecular weight is 380 g/mol. The summed E-state index contributed by atoms with van der Waals surface area (Å²) in [6, 6.07) is 8.18. The zero-order valence-corrected chi connectivity index (χ0v) is 15.0. The van der Waals surface area contributed by atoms with Crippen molar-refractivity contribution >= 4 is 17.8 Å². The largest absolute Gasteiger partial charge is 0.496 e. The number of methoxy groups -OCH3 is 1. The first kappa shape index (κ1) is 19.9. The van der Waals surface area contributed by atoms with Crippen molar-refractivity contribution in [3.8, 4) is 5.75 Å². The number of ether oxygens (including phenoxy) is 1. The molecule has 8 nitrogen and oxygen atoms in total. The molecule has 26 heavy (non-hydrogen) atoms. The third-order valence-corrected chi connectivity index (χ3v) is 4.11. The molecule has 1 aromatic carbocycles. The Morgan fingerprint density at radius 3 is 2.88 bits per heavy atom. The number of nitrogens with zero attached hydrogens (tertiary/aromatic N) is 3. The van der Waals surface area contributed by atoms with Crippen LogP contribution in [0.1, 0.15) is 11.3 Å². The minimum atomic E-state index is -0.418. The molecule has 0 unspecified atom stereocenters. The summed E-state index contributed by atoms with van der Waals surface area (Å²) < 4.78 is 21.2. The number of aliphatic hydroxyl groups is 1. The molecule has 1 heterocycles. The van der Waals surface area contributed by atoms with Crippen LogP contribution in [0.15, 0.2) is 46.5 Å². The maximum Gasteiger partial charge on any atom is 0.152 e. The highest BCUT2D eigenvalue weighted by Crippen LogP contribution is 2.28. The maximum atomic E-state index is 12.9. The summed E-state index contributed by atoms with van der Waals surface area (Å²) in [5, 5.41) is 14.1. The molecule has 0 aliphatic carbocycles. The molecular formula is C16H21FN6O2S. The van der Waals surface area contributed by atoms with Gasteiger partial charge in [0.15, 0.2) is 5.84 Å². The van der Waals surface area contributed by atoms with Crippen molar-refractivity contribution in [2.24, 2.45) is 16.7 Å². The molecule has 0 atom stereocenters. The zero-order valence-electron chi connectivity index (χ0n) is 14.2. The molecule has 10 heteroatoms. The van der Waals surface area contributed by atoms with Gasteiger partial charge in [-0.05, 0) is 42.3 Å². The number of nitrogens with two attached hydrogens (primary N) is 2. The number of hydrazine groups is 1. The molecule has 0 radical (unpaired) electrons. The lowest BCUT2D eigenvalue weighted by molar-refractivity contribution is 0.286. The highest BCUT2D eigenvalue weighted by Gasteiger charge is 2.09. The molecular weight excluding hydrogens is 359 g/mol. The van der Waals surface area contributed by atoms with Crippen LogP contribution in [0.25, 0.3) is 0 Å². The van der Waals surface area contributed by atoms with Gasteiger partial charge in [-0.15, -0.1) is 5.10 Å². The summed E-state index contributed by atoms with van der Waals surface area (Å²) in [4.78, 5) is 4.76. The number of nitrogens with one attached hydrogen (secondary N) is 1. The Morgan fingerprint density at radius 2 is 2.23 bits per heavy atom. The van der Waals surface area contributed by atoms with Gasteiger partial charge in [0, 0.05) is 12.1 Å². The van der Waals surface area contributed by atoms with Gasteiger partial charge in [0.2, 0.25) is 0 Å². The van der Waals surface area contributed by atoms with E-state index in [0.29, 0.717) is 23.6 Å². The Kier molecular flexibility index (Phi) is 7.60. The second-order valence-corrected chi connectivity index (χ2v) is 6.07. The zero-order chi connectivity index (χ0) is 18.9. The number of hydrazone groups is 1. The number of benzene rings is 1. The fourth-order valence-electron chi connectivity index (χ4n) is 1.98. The van der Waals surface area contributed by atoms with Crippen LogP contribution < -0.4 is 21.0 Å². The molecule has 2 aromatic rings. The highest BCUT2D eigenvalue weighted by atomic mass is 32.2. The second kappa shape index (κ2) is 9.92. The molecule has 0 amide bonds. The number of rotatable bonds is 9. The van der Waals surface area contributed by atoms with E-state index in [1.165, 1.54) is 24.1 Å². The predicted molar refractivity (Wildman–Crippen MR) is 98.6 cm³/mol. The summed E-state index contributed by atoms with van der Waals surface area (Å²) >= 11 is 1.34. The smallest absolute Gasteiger partial charge is 0.152 e. The number of aromatic nitrogens is 1. The SMILES string of the molecule is COc1cc(/C(N)=N/N(N)Cc2ccc(F)cn2)ccc1SNCCO.